The van der Waals surface area contributed by atoms with Gasteiger partial charge in [0.05, 0.1) is 12.8 Å². The first kappa shape index (κ1) is 15.6. The van der Waals surface area contributed by atoms with Crippen LogP contribution in [0.1, 0.15) is 57.3 Å². The van der Waals surface area contributed by atoms with E-state index in [0.29, 0.717) is 0 Å². The lowest BCUT2D eigenvalue weighted by molar-refractivity contribution is 0.154. The molecule has 1 aliphatic rings. The van der Waals surface area contributed by atoms with Crippen LogP contribution in [0.15, 0.2) is 16.7 Å². The van der Waals surface area contributed by atoms with Crippen LogP contribution in [0.5, 0.6) is 0 Å². The Bertz CT molecular complexity index is 380. The summed E-state index contributed by atoms with van der Waals surface area (Å²) in [4.78, 5) is 2.47. The van der Waals surface area contributed by atoms with Gasteiger partial charge >= 0.3 is 0 Å². The highest BCUT2D eigenvalue weighted by Crippen LogP contribution is 2.27. The van der Waals surface area contributed by atoms with Crippen LogP contribution in [0.4, 0.5) is 0 Å². The van der Waals surface area contributed by atoms with Crippen molar-refractivity contribution >= 4 is 0 Å². The summed E-state index contributed by atoms with van der Waals surface area (Å²) in [6, 6.07) is 2.93. The van der Waals surface area contributed by atoms with Gasteiger partial charge in [-0.25, -0.2) is 0 Å². The van der Waals surface area contributed by atoms with Crippen molar-refractivity contribution in [2.24, 2.45) is 5.92 Å². The second-order valence-electron chi connectivity index (χ2n) is 6.43. The first-order valence-electron chi connectivity index (χ1n) is 8.16. The maximum atomic E-state index is 5.70. The third kappa shape index (κ3) is 4.64. The van der Waals surface area contributed by atoms with E-state index in [0.717, 1.165) is 37.4 Å². The molecule has 1 heterocycles. The summed E-state index contributed by atoms with van der Waals surface area (Å²) in [6.45, 7) is 7.49. The van der Waals surface area contributed by atoms with E-state index in [4.69, 9.17) is 4.42 Å². The molecule has 1 saturated carbocycles. The fourth-order valence-electron chi connectivity index (χ4n) is 3.07. The molecule has 114 valence electrons. The number of rotatable bonds is 7. The highest BCUT2D eigenvalue weighted by Gasteiger charge is 2.22. The van der Waals surface area contributed by atoms with E-state index in [-0.39, 0.29) is 0 Å². The van der Waals surface area contributed by atoms with Gasteiger partial charge in [-0.15, -0.1) is 0 Å². The van der Waals surface area contributed by atoms with E-state index in [1.54, 1.807) is 0 Å². The van der Waals surface area contributed by atoms with Gasteiger partial charge in [-0.2, -0.15) is 0 Å². The van der Waals surface area contributed by atoms with Gasteiger partial charge in [0.15, 0.2) is 0 Å². The van der Waals surface area contributed by atoms with Gasteiger partial charge in [-0.05, 0) is 57.7 Å². The third-order valence-corrected chi connectivity index (χ3v) is 4.48. The number of nitrogens with zero attached hydrogens (tertiary/aromatic N) is 1. The Morgan fingerprint density at radius 2 is 2.05 bits per heavy atom. The summed E-state index contributed by atoms with van der Waals surface area (Å²) in [5, 5.41) is 3.41. The third-order valence-electron chi connectivity index (χ3n) is 4.48. The first-order valence-corrected chi connectivity index (χ1v) is 8.16. The van der Waals surface area contributed by atoms with Gasteiger partial charge < -0.3 is 9.73 Å². The zero-order chi connectivity index (χ0) is 14.4. The van der Waals surface area contributed by atoms with Gasteiger partial charge in [0, 0.05) is 18.2 Å². The molecule has 0 saturated heterocycles. The van der Waals surface area contributed by atoms with Crippen molar-refractivity contribution in [2.75, 3.05) is 13.6 Å². The maximum absolute atomic E-state index is 5.70. The van der Waals surface area contributed by atoms with Crippen LogP contribution in [-0.2, 0) is 13.1 Å². The highest BCUT2D eigenvalue weighted by molar-refractivity contribution is 5.12. The molecule has 0 aromatic carbocycles. The van der Waals surface area contributed by atoms with Gasteiger partial charge in [0.1, 0.15) is 5.76 Å². The summed E-state index contributed by atoms with van der Waals surface area (Å²) in [5.41, 5.74) is 1.26. The molecular weight excluding hydrogens is 248 g/mol. The quantitative estimate of drug-likeness (QED) is 0.769. The molecule has 0 atom stereocenters. The molecule has 0 bridgehead atoms. The van der Waals surface area contributed by atoms with E-state index in [1.807, 2.05) is 6.26 Å². The molecule has 1 aliphatic carbocycles. The van der Waals surface area contributed by atoms with Gasteiger partial charge in [-0.1, -0.05) is 13.8 Å². The molecule has 0 amide bonds. The second kappa shape index (κ2) is 7.84. The Morgan fingerprint density at radius 1 is 1.30 bits per heavy atom. The minimum Gasteiger partial charge on any atom is -0.468 e. The lowest BCUT2D eigenvalue weighted by Gasteiger charge is -2.33. The minimum absolute atomic E-state index is 0.734. The van der Waals surface area contributed by atoms with E-state index in [9.17, 15) is 0 Å². The second-order valence-corrected chi connectivity index (χ2v) is 6.43. The van der Waals surface area contributed by atoms with Crippen molar-refractivity contribution in [3.8, 4) is 0 Å². The average Bonchev–Trinajstić information content (AvgIpc) is 2.87. The molecule has 0 radical (unpaired) electrons. The van der Waals surface area contributed by atoms with E-state index in [2.05, 4.69) is 37.2 Å². The normalized spacial score (nSPS) is 23.4. The van der Waals surface area contributed by atoms with Crippen LogP contribution < -0.4 is 5.32 Å². The fraction of sp³-hybridized carbons (Fsp3) is 0.765. The lowest BCUT2D eigenvalue weighted by atomic mass is 9.87. The molecule has 3 nitrogen and oxygen atoms in total. The van der Waals surface area contributed by atoms with E-state index >= 15 is 0 Å². The molecule has 0 unspecified atom stereocenters. The van der Waals surface area contributed by atoms with E-state index < -0.39 is 0 Å². The monoisotopic (exact) mass is 278 g/mol. The molecule has 3 heteroatoms. The van der Waals surface area contributed by atoms with Crippen molar-refractivity contribution in [1.82, 2.24) is 10.2 Å². The summed E-state index contributed by atoms with van der Waals surface area (Å²) < 4.78 is 5.70. The zero-order valence-corrected chi connectivity index (χ0v) is 13.3. The predicted molar refractivity (Wildman–Crippen MR) is 83.6 cm³/mol. The summed E-state index contributed by atoms with van der Waals surface area (Å²) in [6.07, 6.45) is 8.49. The van der Waals surface area contributed by atoms with Crippen molar-refractivity contribution in [1.29, 1.82) is 0 Å². The SMILES string of the molecule is CCCNCc1coc(CN(C)C2CCC(C)CC2)c1. The smallest absolute Gasteiger partial charge is 0.118 e. The van der Waals surface area contributed by atoms with Crippen LogP contribution in [0, 0.1) is 5.92 Å². The minimum atomic E-state index is 0.734. The average molecular weight is 278 g/mol. The van der Waals surface area contributed by atoms with Gasteiger partial charge in [0.2, 0.25) is 0 Å². The Labute approximate surface area is 123 Å². The number of nitrogens with one attached hydrogen (secondary N) is 1. The number of hydrogen-bond acceptors (Lipinski definition) is 3. The maximum Gasteiger partial charge on any atom is 0.118 e. The molecule has 1 N–H and O–H groups in total. The number of furan rings is 1. The first-order chi connectivity index (χ1) is 9.69. The van der Waals surface area contributed by atoms with Crippen LogP contribution in [0.3, 0.4) is 0 Å². The molecule has 20 heavy (non-hydrogen) atoms. The molecule has 1 aromatic heterocycles. The van der Waals surface area contributed by atoms with Gasteiger partial charge in [0.25, 0.3) is 0 Å². The van der Waals surface area contributed by atoms with Crippen molar-refractivity contribution < 1.29 is 4.42 Å². The van der Waals surface area contributed by atoms with Crippen LogP contribution >= 0.6 is 0 Å². The Balaban J connectivity index is 1.77. The van der Waals surface area contributed by atoms with E-state index in [1.165, 1.54) is 37.7 Å². The lowest BCUT2D eigenvalue weighted by Crippen LogP contribution is -2.34. The van der Waals surface area contributed by atoms with Crippen LogP contribution in [0.25, 0.3) is 0 Å². The number of hydrogen-bond donors (Lipinski definition) is 1. The zero-order valence-electron chi connectivity index (χ0n) is 13.3. The Morgan fingerprint density at radius 3 is 2.75 bits per heavy atom. The van der Waals surface area contributed by atoms with Crippen molar-refractivity contribution in [2.45, 2.75) is 65.1 Å². The summed E-state index contributed by atoms with van der Waals surface area (Å²) >= 11 is 0. The van der Waals surface area contributed by atoms with Crippen molar-refractivity contribution in [3.05, 3.63) is 23.7 Å². The molecule has 2 rings (SSSR count). The van der Waals surface area contributed by atoms with Crippen LogP contribution in [0.2, 0.25) is 0 Å². The summed E-state index contributed by atoms with van der Waals surface area (Å²) in [5.74, 6) is 2.01. The Hall–Kier alpha value is -0.800. The highest BCUT2D eigenvalue weighted by atomic mass is 16.3. The molecule has 1 aromatic rings. The van der Waals surface area contributed by atoms with Gasteiger partial charge in [-0.3, -0.25) is 4.90 Å². The standard InChI is InChI=1S/C17H30N2O/c1-4-9-18-11-15-10-17(20-13-15)12-19(3)16-7-5-14(2)6-8-16/h10,13-14,16,18H,4-9,11-12H2,1-3H3. The fourth-order valence-corrected chi connectivity index (χ4v) is 3.07. The topological polar surface area (TPSA) is 28.4 Å². The molecule has 1 fully saturated rings. The molecule has 0 spiro atoms. The Kier molecular flexibility index (Phi) is 6.11. The molecular formula is C17H30N2O. The van der Waals surface area contributed by atoms with Crippen LogP contribution in [-0.4, -0.2) is 24.5 Å². The molecule has 0 aliphatic heterocycles. The van der Waals surface area contributed by atoms with Crippen molar-refractivity contribution in [3.63, 3.8) is 0 Å². The predicted octanol–water partition coefficient (Wildman–Crippen LogP) is 3.79. The largest absolute Gasteiger partial charge is 0.468 e. The summed E-state index contributed by atoms with van der Waals surface area (Å²) in [7, 11) is 2.23.